The van der Waals surface area contributed by atoms with E-state index in [1.807, 2.05) is 11.8 Å². The second-order valence-corrected chi connectivity index (χ2v) is 6.90. The van der Waals surface area contributed by atoms with Crippen molar-refractivity contribution in [2.24, 2.45) is 0 Å². The molecule has 7 heteroatoms. The van der Waals surface area contributed by atoms with Gasteiger partial charge in [-0.1, -0.05) is 19.3 Å². The first kappa shape index (κ1) is 17.5. The summed E-state index contributed by atoms with van der Waals surface area (Å²) in [6.45, 7) is 3.88. The van der Waals surface area contributed by atoms with Crippen LogP contribution in [-0.2, 0) is 15.1 Å². The van der Waals surface area contributed by atoms with Crippen LogP contribution in [0.1, 0.15) is 51.7 Å². The average Bonchev–Trinajstić information content (AvgIpc) is 3.21. The molecule has 1 aliphatic carbocycles. The standard InChI is InChI=1S/C18H25N3O4/c1-3-20(13-8-5-4-6-9-13)15(22)12-21-16(23)18(2,19-17(21)24)14-10-7-11-25-14/h7,10-11,13H,3-6,8-9,12H2,1-2H3,(H,19,24). The van der Waals surface area contributed by atoms with Gasteiger partial charge in [0.1, 0.15) is 12.3 Å². The van der Waals surface area contributed by atoms with Crippen LogP contribution in [0.5, 0.6) is 0 Å². The Hall–Kier alpha value is -2.31. The molecular weight excluding hydrogens is 322 g/mol. The molecule has 4 amide bonds. The van der Waals surface area contributed by atoms with Gasteiger partial charge in [0, 0.05) is 12.6 Å². The molecule has 0 spiro atoms. The third kappa shape index (κ3) is 3.15. The first-order valence-corrected chi connectivity index (χ1v) is 8.95. The monoisotopic (exact) mass is 347 g/mol. The van der Waals surface area contributed by atoms with Gasteiger partial charge in [0.05, 0.1) is 6.26 Å². The number of imide groups is 1. The third-order valence-electron chi connectivity index (χ3n) is 5.26. The predicted molar refractivity (Wildman–Crippen MR) is 90.6 cm³/mol. The van der Waals surface area contributed by atoms with Crippen molar-refractivity contribution < 1.29 is 18.8 Å². The minimum absolute atomic E-state index is 0.179. The summed E-state index contributed by atoms with van der Waals surface area (Å²) in [7, 11) is 0. The third-order valence-corrected chi connectivity index (χ3v) is 5.26. The van der Waals surface area contributed by atoms with E-state index in [9.17, 15) is 14.4 Å². The summed E-state index contributed by atoms with van der Waals surface area (Å²) in [6.07, 6.45) is 6.88. The molecule has 1 unspecified atom stereocenters. The lowest BCUT2D eigenvalue weighted by atomic mass is 9.94. The van der Waals surface area contributed by atoms with E-state index in [4.69, 9.17) is 4.42 Å². The zero-order valence-electron chi connectivity index (χ0n) is 14.8. The molecule has 1 aliphatic heterocycles. The smallest absolute Gasteiger partial charge is 0.325 e. The Morgan fingerprint density at radius 3 is 2.68 bits per heavy atom. The zero-order valence-corrected chi connectivity index (χ0v) is 14.8. The SMILES string of the molecule is CCN(C(=O)CN1C(=O)NC(C)(c2ccco2)C1=O)C1CCCCC1. The molecule has 7 nitrogen and oxygen atoms in total. The van der Waals surface area contributed by atoms with Gasteiger partial charge in [-0.3, -0.25) is 14.5 Å². The van der Waals surface area contributed by atoms with Crippen molar-refractivity contribution in [3.8, 4) is 0 Å². The highest BCUT2D eigenvalue weighted by atomic mass is 16.3. The van der Waals surface area contributed by atoms with Gasteiger partial charge in [-0.15, -0.1) is 0 Å². The fourth-order valence-electron chi connectivity index (χ4n) is 3.83. The second-order valence-electron chi connectivity index (χ2n) is 6.90. The Kier molecular flexibility index (Phi) is 4.83. The van der Waals surface area contributed by atoms with Crippen molar-refractivity contribution in [3.63, 3.8) is 0 Å². The molecular formula is C18H25N3O4. The van der Waals surface area contributed by atoms with Gasteiger partial charge in [0.25, 0.3) is 5.91 Å². The maximum atomic E-state index is 12.8. The number of hydrogen-bond donors (Lipinski definition) is 1. The molecule has 1 aromatic rings. The van der Waals surface area contributed by atoms with Crippen LogP contribution in [0.3, 0.4) is 0 Å². The van der Waals surface area contributed by atoms with Crippen molar-refractivity contribution in [2.75, 3.05) is 13.1 Å². The van der Waals surface area contributed by atoms with Gasteiger partial charge < -0.3 is 14.6 Å². The molecule has 0 radical (unpaired) electrons. The summed E-state index contributed by atoms with van der Waals surface area (Å²) >= 11 is 0. The minimum Gasteiger partial charge on any atom is -0.466 e. The van der Waals surface area contributed by atoms with Crippen LogP contribution in [0.2, 0.25) is 0 Å². The Bertz CT molecular complexity index is 651. The summed E-state index contributed by atoms with van der Waals surface area (Å²) in [5, 5.41) is 2.65. The summed E-state index contributed by atoms with van der Waals surface area (Å²) in [6, 6.07) is 2.96. The van der Waals surface area contributed by atoms with Crippen LogP contribution in [-0.4, -0.2) is 46.8 Å². The van der Waals surface area contributed by atoms with Gasteiger partial charge in [-0.25, -0.2) is 4.79 Å². The molecule has 136 valence electrons. The maximum absolute atomic E-state index is 12.8. The first-order chi connectivity index (χ1) is 12.0. The Balaban J connectivity index is 1.72. The normalized spacial score (nSPS) is 24.5. The quantitative estimate of drug-likeness (QED) is 0.828. The van der Waals surface area contributed by atoms with Crippen LogP contribution in [0, 0.1) is 0 Å². The average molecular weight is 347 g/mol. The molecule has 2 heterocycles. The Morgan fingerprint density at radius 1 is 1.36 bits per heavy atom. The fraction of sp³-hybridized carbons (Fsp3) is 0.611. The number of furan rings is 1. The highest BCUT2D eigenvalue weighted by Gasteiger charge is 2.51. The molecule has 1 atom stereocenters. The van der Waals surface area contributed by atoms with Crippen molar-refractivity contribution in [1.82, 2.24) is 15.1 Å². The second kappa shape index (κ2) is 6.90. The number of carbonyl (C=O) groups is 3. The van der Waals surface area contributed by atoms with Crippen LogP contribution in [0.4, 0.5) is 4.79 Å². The van der Waals surface area contributed by atoms with Crippen LogP contribution in [0.25, 0.3) is 0 Å². The molecule has 2 fully saturated rings. The van der Waals surface area contributed by atoms with Crippen LogP contribution < -0.4 is 5.32 Å². The van der Waals surface area contributed by atoms with Crippen molar-refractivity contribution in [1.29, 1.82) is 0 Å². The highest BCUT2D eigenvalue weighted by molar-refractivity contribution is 6.08. The number of urea groups is 1. The number of nitrogens with one attached hydrogen (secondary N) is 1. The van der Waals surface area contributed by atoms with Crippen molar-refractivity contribution in [2.45, 2.75) is 57.5 Å². The highest BCUT2D eigenvalue weighted by Crippen LogP contribution is 2.29. The van der Waals surface area contributed by atoms with Gasteiger partial charge in [-0.2, -0.15) is 0 Å². The van der Waals surface area contributed by atoms with Gasteiger partial charge in [-0.05, 0) is 38.8 Å². The van der Waals surface area contributed by atoms with E-state index in [-0.39, 0.29) is 18.5 Å². The molecule has 1 N–H and O–H groups in total. The lowest BCUT2D eigenvalue weighted by Crippen LogP contribution is -2.48. The molecule has 25 heavy (non-hydrogen) atoms. The van der Waals surface area contributed by atoms with E-state index in [0.717, 1.165) is 30.6 Å². The van der Waals surface area contributed by atoms with Crippen molar-refractivity contribution in [3.05, 3.63) is 24.2 Å². The maximum Gasteiger partial charge on any atom is 0.325 e. The lowest BCUT2D eigenvalue weighted by molar-refractivity contribution is -0.140. The molecule has 3 rings (SSSR count). The van der Waals surface area contributed by atoms with E-state index in [1.54, 1.807) is 19.1 Å². The first-order valence-electron chi connectivity index (χ1n) is 8.95. The fourth-order valence-corrected chi connectivity index (χ4v) is 3.83. The molecule has 2 aliphatic rings. The predicted octanol–water partition coefficient (Wildman–Crippen LogP) is 2.23. The van der Waals surface area contributed by atoms with Gasteiger partial charge in [0.2, 0.25) is 5.91 Å². The molecule has 1 saturated carbocycles. The van der Waals surface area contributed by atoms with Crippen LogP contribution in [0.15, 0.2) is 22.8 Å². The number of likely N-dealkylation sites (N-methyl/N-ethyl adjacent to an activating group) is 1. The number of carbonyl (C=O) groups excluding carboxylic acids is 3. The van der Waals surface area contributed by atoms with E-state index >= 15 is 0 Å². The molecule has 1 saturated heterocycles. The Labute approximate surface area is 147 Å². The van der Waals surface area contributed by atoms with E-state index < -0.39 is 17.5 Å². The minimum atomic E-state index is -1.26. The molecule has 1 aromatic heterocycles. The largest absolute Gasteiger partial charge is 0.466 e. The molecule has 0 aromatic carbocycles. The summed E-state index contributed by atoms with van der Waals surface area (Å²) in [5.74, 6) is -0.275. The van der Waals surface area contributed by atoms with E-state index in [0.29, 0.717) is 12.3 Å². The Morgan fingerprint density at radius 2 is 2.08 bits per heavy atom. The molecule has 0 bridgehead atoms. The van der Waals surface area contributed by atoms with E-state index in [2.05, 4.69) is 5.32 Å². The van der Waals surface area contributed by atoms with Crippen LogP contribution >= 0.6 is 0 Å². The number of nitrogens with zero attached hydrogens (tertiary/aromatic N) is 2. The summed E-state index contributed by atoms with van der Waals surface area (Å²) in [5.41, 5.74) is -1.26. The summed E-state index contributed by atoms with van der Waals surface area (Å²) in [4.78, 5) is 40.6. The topological polar surface area (TPSA) is 82.9 Å². The number of hydrogen-bond acceptors (Lipinski definition) is 4. The number of amides is 4. The van der Waals surface area contributed by atoms with Crippen molar-refractivity contribution >= 4 is 17.8 Å². The van der Waals surface area contributed by atoms with Gasteiger partial charge in [0.15, 0.2) is 5.54 Å². The number of rotatable bonds is 5. The van der Waals surface area contributed by atoms with Gasteiger partial charge >= 0.3 is 6.03 Å². The zero-order chi connectivity index (χ0) is 18.0. The summed E-state index contributed by atoms with van der Waals surface area (Å²) < 4.78 is 5.30. The lowest BCUT2D eigenvalue weighted by Gasteiger charge is -2.34. The van der Waals surface area contributed by atoms with E-state index in [1.165, 1.54) is 12.7 Å².